The molecule has 2 aromatic carbocycles. The van der Waals surface area contributed by atoms with Gasteiger partial charge in [-0.05, 0) is 30.5 Å². The van der Waals surface area contributed by atoms with Crippen molar-refractivity contribution in [3.8, 4) is 11.5 Å². The van der Waals surface area contributed by atoms with Crippen molar-refractivity contribution < 1.29 is 9.21 Å². The van der Waals surface area contributed by atoms with Crippen molar-refractivity contribution in [2.75, 3.05) is 12.3 Å². The highest BCUT2D eigenvalue weighted by Gasteiger charge is 2.44. The Labute approximate surface area is 156 Å². The first-order valence-electron chi connectivity index (χ1n) is 8.59. The van der Waals surface area contributed by atoms with Crippen LogP contribution in [0.4, 0.5) is 0 Å². The van der Waals surface area contributed by atoms with Crippen LogP contribution in [0.5, 0.6) is 0 Å². The Hall–Kier alpha value is -2.60. The van der Waals surface area contributed by atoms with E-state index in [0.29, 0.717) is 17.7 Å². The lowest BCUT2D eigenvalue weighted by Crippen LogP contribution is -2.33. The normalized spacial score (nSPS) is 14.8. The van der Waals surface area contributed by atoms with Crippen LogP contribution in [0.2, 0.25) is 0 Å². The summed E-state index contributed by atoms with van der Waals surface area (Å²) < 4.78 is 5.61. The molecule has 6 heteroatoms. The number of hydrogen-bond acceptors (Lipinski definition) is 5. The SMILES string of the molecule is O=C(CSc1nnc(-c2ccccc2)o1)NCC1(c2ccccc2)CC1. The molecule has 1 N–H and O–H groups in total. The molecule has 0 bridgehead atoms. The first-order chi connectivity index (χ1) is 12.8. The third-order valence-corrected chi connectivity index (χ3v) is 5.44. The molecule has 1 aliphatic carbocycles. The predicted molar refractivity (Wildman–Crippen MR) is 101 cm³/mol. The molecule has 132 valence electrons. The van der Waals surface area contributed by atoms with Gasteiger partial charge in [0, 0.05) is 17.5 Å². The smallest absolute Gasteiger partial charge is 0.277 e. The highest BCUT2D eigenvalue weighted by molar-refractivity contribution is 7.99. The molecule has 1 aromatic heterocycles. The number of carbonyl (C=O) groups is 1. The number of nitrogens with one attached hydrogen (secondary N) is 1. The molecule has 1 fully saturated rings. The number of benzene rings is 2. The van der Waals surface area contributed by atoms with Gasteiger partial charge in [-0.25, -0.2) is 0 Å². The Kier molecular flexibility index (Phi) is 4.75. The van der Waals surface area contributed by atoms with Crippen LogP contribution in [0.3, 0.4) is 0 Å². The van der Waals surface area contributed by atoms with Crippen molar-refractivity contribution in [1.82, 2.24) is 15.5 Å². The average molecular weight is 365 g/mol. The molecule has 0 aliphatic heterocycles. The number of rotatable bonds is 7. The molecule has 0 radical (unpaired) electrons. The largest absolute Gasteiger partial charge is 0.411 e. The fraction of sp³-hybridized carbons (Fsp3) is 0.250. The standard InChI is InChI=1S/C20H19N3O2S/c24-17(21-14-20(11-12-20)16-9-5-2-6-10-16)13-26-19-23-22-18(25-19)15-7-3-1-4-8-15/h1-10H,11-14H2,(H,21,24). The van der Waals surface area contributed by atoms with E-state index in [4.69, 9.17) is 4.42 Å². The minimum absolute atomic E-state index is 0.0170. The van der Waals surface area contributed by atoms with Crippen LogP contribution in [0, 0.1) is 0 Å². The molecule has 1 amide bonds. The average Bonchev–Trinajstić information content (AvgIpc) is 3.35. The second kappa shape index (κ2) is 7.33. The second-order valence-corrected chi connectivity index (χ2v) is 7.38. The van der Waals surface area contributed by atoms with Gasteiger partial charge in [0.05, 0.1) is 5.75 Å². The topological polar surface area (TPSA) is 68.0 Å². The summed E-state index contributed by atoms with van der Waals surface area (Å²) in [7, 11) is 0. The van der Waals surface area contributed by atoms with Crippen LogP contribution in [0.1, 0.15) is 18.4 Å². The van der Waals surface area contributed by atoms with E-state index in [2.05, 4.69) is 27.6 Å². The van der Waals surface area contributed by atoms with Crippen molar-refractivity contribution in [2.24, 2.45) is 0 Å². The zero-order chi connectivity index (χ0) is 17.8. The minimum atomic E-state index is -0.0170. The summed E-state index contributed by atoms with van der Waals surface area (Å²) in [4.78, 5) is 12.2. The van der Waals surface area contributed by atoms with E-state index in [1.54, 1.807) is 0 Å². The van der Waals surface area contributed by atoms with Gasteiger partial charge in [-0.1, -0.05) is 60.3 Å². The van der Waals surface area contributed by atoms with E-state index >= 15 is 0 Å². The number of aromatic nitrogens is 2. The Morgan fingerprint density at radius 1 is 1.04 bits per heavy atom. The summed E-state index contributed by atoms with van der Waals surface area (Å²) in [6.45, 7) is 0.676. The van der Waals surface area contributed by atoms with Crippen molar-refractivity contribution in [3.05, 3.63) is 66.2 Å². The zero-order valence-corrected chi connectivity index (χ0v) is 15.0. The van der Waals surface area contributed by atoms with E-state index in [1.165, 1.54) is 17.3 Å². The van der Waals surface area contributed by atoms with Gasteiger partial charge < -0.3 is 9.73 Å². The van der Waals surface area contributed by atoms with E-state index < -0.39 is 0 Å². The number of carbonyl (C=O) groups excluding carboxylic acids is 1. The van der Waals surface area contributed by atoms with Gasteiger partial charge in [-0.3, -0.25) is 4.79 Å². The van der Waals surface area contributed by atoms with Crippen molar-refractivity contribution in [1.29, 1.82) is 0 Å². The van der Waals surface area contributed by atoms with Gasteiger partial charge in [0.25, 0.3) is 5.22 Å². The van der Waals surface area contributed by atoms with Crippen molar-refractivity contribution >= 4 is 17.7 Å². The first kappa shape index (κ1) is 16.8. The molecule has 3 aromatic rings. The Bertz CT molecular complexity index is 876. The molecule has 1 heterocycles. The summed E-state index contributed by atoms with van der Waals surface area (Å²) in [6.07, 6.45) is 2.24. The van der Waals surface area contributed by atoms with E-state index in [0.717, 1.165) is 18.4 Å². The molecule has 0 spiro atoms. The second-order valence-electron chi connectivity index (χ2n) is 6.45. The maximum Gasteiger partial charge on any atom is 0.277 e. The van der Waals surface area contributed by atoms with E-state index in [-0.39, 0.29) is 17.1 Å². The van der Waals surface area contributed by atoms with Crippen LogP contribution in [0.15, 0.2) is 70.3 Å². The summed E-state index contributed by atoms with van der Waals surface area (Å²) in [5.74, 6) is 0.715. The van der Waals surface area contributed by atoms with Crippen LogP contribution in [-0.4, -0.2) is 28.4 Å². The summed E-state index contributed by atoms with van der Waals surface area (Å²) in [5.41, 5.74) is 2.29. The van der Waals surface area contributed by atoms with Crippen molar-refractivity contribution in [2.45, 2.75) is 23.5 Å². The summed E-state index contributed by atoms with van der Waals surface area (Å²) in [5, 5.41) is 11.5. The van der Waals surface area contributed by atoms with Crippen LogP contribution in [0.25, 0.3) is 11.5 Å². The Balaban J connectivity index is 1.28. The molecule has 0 atom stereocenters. The Morgan fingerprint density at radius 3 is 2.42 bits per heavy atom. The van der Waals surface area contributed by atoms with Gasteiger partial charge in [-0.15, -0.1) is 10.2 Å². The van der Waals surface area contributed by atoms with E-state index in [1.807, 2.05) is 48.5 Å². The van der Waals surface area contributed by atoms with Crippen molar-refractivity contribution in [3.63, 3.8) is 0 Å². The third kappa shape index (κ3) is 3.80. The highest BCUT2D eigenvalue weighted by Crippen LogP contribution is 2.47. The number of nitrogens with zero attached hydrogens (tertiary/aromatic N) is 2. The molecule has 5 nitrogen and oxygen atoms in total. The highest BCUT2D eigenvalue weighted by atomic mass is 32.2. The summed E-state index contributed by atoms with van der Waals surface area (Å²) >= 11 is 1.26. The molecule has 0 saturated heterocycles. The molecule has 0 unspecified atom stereocenters. The number of amides is 1. The van der Waals surface area contributed by atoms with Crippen LogP contribution < -0.4 is 5.32 Å². The molecule has 4 rings (SSSR count). The quantitative estimate of drug-likeness (QED) is 0.647. The fourth-order valence-electron chi connectivity index (χ4n) is 2.92. The minimum Gasteiger partial charge on any atom is -0.411 e. The molecule has 26 heavy (non-hydrogen) atoms. The molecule has 1 saturated carbocycles. The predicted octanol–water partition coefficient (Wildman–Crippen LogP) is 3.68. The van der Waals surface area contributed by atoms with Crippen LogP contribution >= 0.6 is 11.8 Å². The lowest BCUT2D eigenvalue weighted by molar-refractivity contribution is -0.118. The summed E-state index contributed by atoms with van der Waals surface area (Å²) in [6, 6.07) is 20.0. The zero-order valence-electron chi connectivity index (χ0n) is 14.2. The fourth-order valence-corrected chi connectivity index (χ4v) is 3.51. The van der Waals surface area contributed by atoms with Gasteiger partial charge in [-0.2, -0.15) is 0 Å². The molecular weight excluding hydrogens is 346 g/mol. The maximum atomic E-state index is 12.2. The molecule has 1 aliphatic rings. The monoisotopic (exact) mass is 365 g/mol. The number of hydrogen-bond donors (Lipinski definition) is 1. The number of thioether (sulfide) groups is 1. The van der Waals surface area contributed by atoms with Gasteiger partial charge >= 0.3 is 0 Å². The molecular formula is C20H19N3O2S. The Morgan fingerprint density at radius 2 is 1.73 bits per heavy atom. The maximum absolute atomic E-state index is 12.2. The van der Waals surface area contributed by atoms with Gasteiger partial charge in [0.1, 0.15) is 0 Å². The third-order valence-electron chi connectivity index (χ3n) is 4.62. The van der Waals surface area contributed by atoms with Gasteiger partial charge in [0.15, 0.2) is 0 Å². The lowest BCUT2D eigenvalue weighted by Gasteiger charge is -2.16. The lowest BCUT2D eigenvalue weighted by atomic mass is 9.96. The van der Waals surface area contributed by atoms with E-state index in [9.17, 15) is 4.79 Å². The van der Waals surface area contributed by atoms with Crippen LogP contribution in [-0.2, 0) is 10.2 Å². The first-order valence-corrected chi connectivity index (χ1v) is 9.58. The van der Waals surface area contributed by atoms with Gasteiger partial charge in [0.2, 0.25) is 11.8 Å².